The van der Waals surface area contributed by atoms with Crippen LogP contribution >= 0.6 is 11.3 Å². The molecule has 0 saturated heterocycles. The molecule has 0 fully saturated rings. The molecule has 1 aromatic heterocycles. The third-order valence-electron chi connectivity index (χ3n) is 4.63. The van der Waals surface area contributed by atoms with Crippen molar-refractivity contribution < 1.29 is 4.79 Å². The molecule has 1 amide bonds. The van der Waals surface area contributed by atoms with Crippen LogP contribution in [0.15, 0.2) is 30.3 Å². The van der Waals surface area contributed by atoms with Crippen LogP contribution in [0.5, 0.6) is 0 Å². The molecule has 0 radical (unpaired) electrons. The molecule has 1 aliphatic heterocycles. The first-order chi connectivity index (χ1) is 10.7. The Morgan fingerprint density at radius 3 is 2.86 bits per heavy atom. The predicted molar refractivity (Wildman–Crippen MR) is 90.8 cm³/mol. The molecule has 1 unspecified atom stereocenters. The van der Waals surface area contributed by atoms with Crippen LogP contribution in [-0.2, 0) is 19.3 Å². The Kier molecular flexibility index (Phi) is 3.51. The topological polar surface area (TPSA) is 46.3 Å². The smallest absolute Gasteiger partial charge is 0.268 e. The molecule has 1 aliphatic carbocycles. The van der Waals surface area contributed by atoms with E-state index in [0.717, 1.165) is 29.8 Å². The molecule has 4 rings (SSSR count). The number of amides is 1. The van der Waals surface area contributed by atoms with Gasteiger partial charge in [0.1, 0.15) is 0 Å². The van der Waals surface area contributed by atoms with Crippen LogP contribution in [0.3, 0.4) is 0 Å². The lowest BCUT2D eigenvalue weighted by atomic mass is 9.97. The second kappa shape index (κ2) is 5.52. The minimum atomic E-state index is 0.0217. The first kappa shape index (κ1) is 14.0. The molecule has 0 spiro atoms. The largest absolute Gasteiger partial charge is 0.326 e. The van der Waals surface area contributed by atoms with Gasteiger partial charge in [0.05, 0.1) is 4.88 Å². The number of para-hydroxylation sites is 1. The Morgan fingerprint density at radius 2 is 2.00 bits per heavy atom. The average molecular weight is 312 g/mol. The first-order valence-electron chi connectivity index (χ1n) is 7.99. The van der Waals surface area contributed by atoms with Crippen LogP contribution in [0, 0.1) is 0 Å². The number of thiophene rings is 1. The highest BCUT2D eigenvalue weighted by molar-refractivity contribution is 7.14. The normalized spacial score (nSPS) is 20.4. The van der Waals surface area contributed by atoms with Gasteiger partial charge in [-0.2, -0.15) is 0 Å². The zero-order valence-corrected chi connectivity index (χ0v) is 13.4. The molecule has 22 heavy (non-hydrogen) atoms. The molecule has 2 N–H and O–H groups in total. The number of nitrogens with two attached hydrogens (primary N) is 1. The quantitative estimate of drug-likeness (QED) is 0.879. The van der Waals surface area contributed by atoms with Crippen LogP contribution in [-0.4, -0.2) is 18.5 Å². The number of anilines is 1. The summed E-state index contributed by atoms with van der Waals surface area (Å²) >= 11 is 1.68. The van der Waals surface area contributed by atoms with E-state index in [2.05, 4.69) is 12.1 Å². The molecular formula is C18H20N2OS. The van der Waals surface area contributed by atoms with E-state index in [0.29, 0.717) is 6.54 Å². The minimum Gasteiger partial charge on any atom is -0.326 e. The van der Waals surface area contributed by atoms with Gasteiger partial charge in [0, 0.05) is 23.2 Å². The van der Waals surface area contributed by atoms with E-state index < -0.39 is 0 Å². The molecule has 2 heterocycles. The number of benzene rings is 1. The van der Waals surface area contributed by atoms with E-state index in [-0.39, 0.29) is 11.9 Å². The monoisotopic (exact) mass is 312 g/mol. The average Bonchev–Trinajstić information content (AvgIpc) is 2.97. The number of carbonyl (C=O) groups excluding carboxylic acids is 1. The Bertz CT molecular complexity index is 698. The van der Waals surface area contributed by atoms with Crippen molar-refractivity contribution in [2.24, 2.45) is 5.73 Å². The first-order valence-corrected chi connectivity index (χ1v) is 8.81. The lowest BCUT2D eigenvalue weighted by Crippen LogP contribution is -2.46. The number of fused-ring (bicyclic) bond motifs is 2. The van der Waals surface area contributed by atoms with Crippen LogP contribution in [0.4, 0.5) is 5.69 Å². The third kappa shape index (κ3) is 2.36. The second-order valence-electron chi connectivity index (χ2n) is 6.27. The van der Waals surface area contributed by atoms with Crippen LogP contribution in [0.1, 0.15) is 38.5 Å². The molecule has 2 aliphatic rings. The van der Waals surface area contributed by atoms with Gasteiger partial charge >= 0.3 is 0 Å². The fourth-order valence-electron chi connectivity index (χ4n) is 3.55. The van der Waals surface area contributed by atoms with E-state index in [1.165, 1.54) is 28.8 Å². The Labute approximate surface area is 134 Å². The third-order valence-corrected chi connectivity index (χ3v) is 5.86. The zero-order valence-electron chi connectivity index (χ0n) is 12.5. The van der Waals surface area contributed by atoms with Crippen LogP contribution < -0.4 is 10.6 Å². The number of carbonyl (C=O) groups is 1. The molecule has 3 nitrogen and oxygen atoms in total. The summed E-state index contributed by atoms with van der Waals surface area (Å²) in [6.07, 6.45) is 5.59. The van der Waals surface area contributed by atoms with Gasteiger partial charge in [0.15, 0.2) is 0 Å². The number of rotatable bonds is 1. The van der Waals surface area contributed by atoms with Gasteiger partial charge in [0.2, 0.25) is 0 Å². The van der Waals surface area contributed by atoms with Crippen molar-refractivity contribution in [1.82, 2.24) is 0 Å². The highest BCUT2D eigenvalue weighted by atomic mass is 32.1. The highest BCUT2D eigenvalue weighted by Crippen LogP contribution is 2.33. The van der Waals surface area contributed by atoms with Gasteiger partial charge in [-0.05, 0) is 55.4 Å². The molecule has 4 heteroatoms. The number of hydrogen-bond acceptors (Lipinski definition) is 3. The zero-order chi connectivity index (χ0) is 15.1. The van der Waals surface area contributed by atoms with E-state index in [1.54, 1.807) is 11.3 Å². The summed E-state index contributed by atoms with van der Waals surface area (Å²) in [5, 5.41) is 0. The molecule has 2 aromatic rings. The van der Waals surface area contributed by atoms with Crippen molar-refractivity contribution in [2.75, 3.05) is 11.4 Å². The van der Waals surface area contributed by atoms with Gasteiger partial charge < -0.3 is 10.6 Å². The fourth-order valence-corrected chi connectivity index (χ4v) is 4.75. The Balaban J connectivity index is 1.69. The Hall–Kier alpha value is -1.65. The summed E-state index contributed by atoms with van der Waals surface area (Å²) in [6.45, 7) is 0.610. The summed E-state index contributed by atoms with van der Waals surface area (Å²) < 4.78 is 0. The maximum absolute atomic E-state index is 13.0. The second-order valence-corrected chi connectivity index (χ2v) is 7.41. The SMILES string of the molecule is NC1Cc2ccccc2N(C(=O)c2cc3c(s2)CCCC3)C1. The van der Waals surface area contributed by atoms with E-state index in [4.69, 9.17) is 5.73 Å². The number of nitrogens with zero attached hydrogens (tertiary/aromatic N) is 1. The van der Waals surface area contributed by atoms with E-state index in [1.807, 2.05) is 23.1 Å². The van der Waals surface area contributed by atoms with E-state index >= 15 is 0 Å². The molecule has 0 bridgehead atoms. The standard InChI is InChI=1S/C18H20N2OS/c19-14-9-12-5-1-3-7-15(12)20(11-14)18(21)17-10-13-6-2-4-8-16(13)22-17/h1,3,5,7,10,14H,2,4,6,8-9,11,19H2. The highest BCUT2D eigenvalue weighted by Gasteiger charge is 2.29. The lowest BCUT2D eigenvalue weighted by molar-refractivity contribution is 0.0987. The predicted octanol–water partition coefficient (Wildman–Crippen LogP) is 3.16. The lowest BCUT2D eigenvalue weighted by Gasteiger charge is -2.32. The molecular weight excluding hydrogens is 292 g/mol. The molecule has 0 saturated carbocycles. The molecule has 1 atom stereocenters. The molecule has 1 aromatic carbocycles. The van der Waals surface area contributed by atoms with Gasteiger partial charge in [-0.3, -0.25) is 4.79 Å². The van der Waals surface area contributed by atoms with Crippen molar-refractivity contribution >= 4 is 22.9 Å². The van der Waals surface area contributed by atoms with Gasteiger partial charge in [-0.1, -0.05) is 18.2 Å². The van der Waals surface area contributed by atoms with Crippen molar-refractivity contribution in [1.29, 1.82) is 0 Å². The van der Waals surface area contributed by atoms with Crippen LogP contribution in [0.2, 0.25) is 0 Å². The summed E-state index contributed by atoms with van der Waals surface area (Å²) in [7, 11) is 0. The number of aryl methyl sites for hydroxylation is 2. The van der Waals surface area contributed by atoms with E-state index in [9.17, 15) is 4.79 Å². The van der Waals surface area contributed by atoms with Crippen molar-refractivity contribution in [3.05, 3.63) is 51.2 Å². The maximum Gasteiger partial charge on any atom is 0.268 e. The summed E-state index contributed by atoms with van der Waals surface area (Å²) in [5.41, 5.74) is 9.75. The summed E-state index contributed by atoms with van der Waals surface area (Å²) in [6, 6.07) is 10.3. The van der Waals surface area contributed by atoms with Crippen LogP contribution in [0.25, 0.3) is 0 Å². The van der Waals surface area contributed by atoms with Gasteiger partial charge in [0.25, 0.3) is 5.91 Å². The van der Waals surface area contributed by atoms with Crippen molar-refractivity contribution in [3.8, 4) is 0 Å². The minimum absolute atomic E-state index is 0.0217. The fraction of sp³-hybridized carbons (Fsp3) is 0.389. The molecule has 114 valence electrons. The summed E-state index contributed by atoms with van der Waals surface area (Å²) in [5.74, 6) is 0.113. The number of hydrogen-bond donors (Lipinski definition) is 1. The Morgan fingerprint density at radius 1 is 1.18 bits per heavy atom. The van der Waals surface area contributed by atoms with Crippen molar-refractivity contribution in [3.63, 3.8) is 0 Å². The van der Waals surface area contributed by atoms with Gasteiger partial charge in [-0.15, -0.1) is 11.3 Å². The van der Waals surface area contributed by atoms with Gasteiger partial charge in [-0.25, -0.2) is 0 Å². The van der Waals surface area contributed by atoms with Crippen molar-refractivity contribution in [2.45, 2.75) is 38.1 Å². The summed E-state index contributed by atoms with van der Waals surface area (Å²) in [4.78, 5) is 17.2. The maximum atomic E-state index is 13.0.